The summed E-state index contributed by atoms with van der Waals surface area (Å²) in [5, 5.41) is 3.15. The third-order valence-corrected chi connectivity index (χ3v) is 5.51. The molecule has 2 aromatic rings. The van der Waals surface area contributed by atoms with E-state index in [0.717, 1.165) is 31.5 Å². The molecule has 2 bridgehead atoms. The number of oxazole rings is 1. The first-order valence-corrected chi connectivity index (χ1v) is 8.69. The predicted octanol–water partition coefficient (Wildman–Crippen LogP) is 2.86. The number of rotatable bonds is 3. The molecule has 3 saturated heterocycles. The van der Waals surface area contributed by atoms with Crippen LogP contribution in [0.5, 0.6) is 0 Å². The summed E-state index contributed by atoms with van der Waals surface area (Å²) in [5.74, 6) is 1.13. The van der Waals surface area contributed by atoms with Gasteiger partial charge in [-0.05, 0) is 45.7 Å². The number of hydrogen-bond donors (Lipinski definition) is 1. The lowest BCUT2D eigenvalue weighted by atomic mass is 9.79. The molecule has 3 aliphatic rings. The van der Waals surface area contributed by atoms with E-state index in [9.17, 15) is 4.79 Å². The van der Waals surface area contributed by atoms with Gasteiger partial charge in [-0.25, -0.2) is 4.98 Å². The van der Waals surface area contributed by atoms with Gasteiger partial charge in [-0.1, -0.05) is 29.8 Å². The maximum Gasteiger partial charge on any atom is 0.307 e. The largest absolute Gasteiger partial charge is 0.432 e. The maximum absolute atomic E-state index is 12.5. The molecule has 5 rings (SSSR count). The molecule has 4 heterocycles. The summed E-state index contributed by atoms with van der Waals surface area (Å²) in [6.07, 6.45) is 3.95. The number of benzene rings is 1. The Balaban J connectivity index is 1.48. The van der Waals surface area contributed by atoms with Crippen LogP contribution in [0.1, 0.15) is 36.0 Å². The topological polar surface area (TPSA) is 58.4 Å². The van der Waals surface area contributed by atoms with Gasteiger partial charge in [0.25, 0.3) is 5.89 Å². The third-order valence-electron chi connectivity index (χ3n) is 5.51. The number of piperidine rings is 3. The molecule has 0 radical (unpaired) electrons. The van der Waals surface area contributed by atoms with Crippen molar-refractivity contribution in [3.8, 4) is 11.3 Å². The van der Waals surface area contributed by atoms with Crippen molar-refractivity contribution in [3.05, 3.63) is 41.9 Å². The Morgan fingerprint density at radius 1 is 1.25 bits per heavy atom. The van der Waals surface area contributed by atoms with Crippen LogP contribution in [0.3, 0.4) is 0 Å². The number of aryl methyl sites for hydroxylation is 1. The average Bonchev–Trinajstić information content (AvgIpc) is 3.09. The van der Waals surface area contributed by atoms with Gasteiger partial charge in [-0.2, -0.15) is 0 Å². The number of nitrogens with zero attached hydrogens (tertiary/aromatic N) is 2. The van der Waals surface area contributed by atoms with Crippen LogP contribution < -0.4 is 5.32 Å². The minimum absolute atomic E-state index is 0.147. The molecule has 2 atom stereocenters. The molecule has 0 saturated carbocycles. The Labute approximate surface area is 142 Å². The van der Waals surface area contributed by atoms with Crippen molar-refractivity contribution in [2.24, 2.45) is 5.92 Å². The van der Waals surface area contributed by atoms with E-state index in [1.165, 1.54) is 5.56 Å². The molecule has 0 aliphatic carbocycles. The zero-order valence-corrected chi connectivity index (χ0v) is 14.2. The minimum Gasteiger partial charge on any atom is -0.432 e. The lowest BCUT2D eigenvalue weighted by Crippen LogP contribution is -2.62. The van der Waals surface area contributed by atoms with Gasteiger partial charge >= 0.3 is 5.91 Å². The quantitative estimate of drug-likeness (QED) is 0.943. The van der Waals surface area contributed by atoms with Crippen molar-refractivity contribution in [2.45, 2.75) is 38.8 Å². The van der Waals surface area contributed by atoms with Crippen LogP contribution in [0.2, 0.25) is 0 Å². The number of carbonyl (C=O) groups excluding carboxylic acids is 1. The van der Waals surface area contributed by atoms with Crippen LogP contribution in [0.25, 0.3) is 11.3 Å². The summed E-state index contributed by atoms with van der Waals surface area (Å²) in [6.45, 7) is 6.53. The average molecular weight is 325 g/mol. The third kappa shape index (κ3) is 2.73. The standard InChI is InChI=1S/C19H23N3O2/c1-12-3-5-14(6-4-12)16-11-20-19(24-16)18(23)21-17-13(2)22-9-7-15(17)8-10-22/h3-6,11,13,15,17H,7-10H2,1-2H3,(H,21,23)/t13-,17-/m0/s1. The van der Waals surface area contributed by atoms with Crippen molar-refractivity contribution in [1.29, 1.82) is 0 Å². The zero-order valence-electron chi connectivity index (χ0n) is 14.2. The first-order chi connectivity index (χ1) is 11.6. The highest BCUT2D eigenvalue weighted by atomic mass is 16.4. The second kappa shape index (κ2) is 6.06. The van der Waals surface area contributed by atoms with Gasteiger partial charge in [0.05, 0.1) is 6.20 Å². The molecule has 1 amide bonds. The second-order valence-corrected chi connectivity index (χ2v) is 7.01. The Bertz CT molecular complexity index is 727. The molecule has 5 nitrogen and oxygen atoms in total. The zero-order chi connectivity index (χ0) is 16.7. The van der Waals surface area contributed by atoms with Crippen LogP contribution in [0.4, 0.5) is 0 Å². The Kier molecular flexibility index (Phi) is 3.88. The van der Waals surface area contributed by atoms with E-state index < -0.39 is 0 Å². The van der Waals surface area contributed by atoms with Gasteiger partial charge in [0.1, 0.15) is 0 Å². The summed E-state index contributed by atoms with van der Waals surface area (Å²) in [7, 11) is 0. The molecule has 0 spiro atoms. The van der Waals surface area contributed by atoms with E-state index in [0.29, 0.717) is 17.7 Å². The summed E-state index contributed by atoms with van der Waals surface area (Å²) >= 11 is 0. The minimum atomic E-state index is -0.209. The number of carbonyl (C=O) groups is 1. The van der Waals surface area contributed by atoms with Crippen molar-refractivity contribution in [2.75, 3.05) is 13.1 Å². The van der Waals surface area contributed by atoms with Gasteiger partial charge in [-0.3, -0.25) is 9.69 Å². The fourth-order valence-corrected chi connectivity index (χ4v) is 3.99. The first-order valence-electron chi connectivity index (χ1n) is 8.69. The van der Waals surface area contributed by atoms with Crippen LogP contribution in [0, 0.1) is 12.8 Å². The molecular weight excluding hydrogens is 302 g/mol. The molecule has 5 heteroatoms. The highest BCUT2D eigenvalue weighted by Crippen LogP contribution is 2.32. The monoisotopic (exact) mass is 325 g/mol. The van der Waals surface area contributed by atoms with E-state index >= 15 is 0 Å². The highest BCUT2D eigenvalue weighted by molar-refractivity contribution is 5.90. The van der Waals surface area contributed by atoms with E-state index in [-0.39, 0.29) is 17.8 Å². The van der Waals surface area contributed by atoms with Gasteiger partial charge in [-0.15, -0.1) is 0 Å². The summed E-state index contributed by atoms with van der Waals surface area (Å²) in [4.78, 5) is 19.2. The van der Waals surface area contributed by atoms with Crippen molar-refractivity contribution >= 4 is 5.91 Å². The van der Waals surface area contributed by atoms with E-state index in [2.05, 4.69) is 22.1 Å². The summed E-state index contributed by atoms with van der Waals surface area (Å²) in [5.41, 5.74) is 2.12. The Morgan fingerprint density at radius 2 is 1.96 bits per heavy atom. The number of hydrogen-bond acceptors (Lipinski definition) is 4. The normalized spacial score (nSPS) is 28.8. The second-order valence-electron chi connectivity index (χ2n) is 7.01. The van der Waals surface area contributed by atoms with Crippen LogP contribution in [-0.2, 0) is 0 Å². The van der Waals surface area contributed by atoms with Gasteiger partial charge in [0.15, 0.2) is 5.76 Å². The number of aromatic nitrogens is 1. The highest BCUT2D eigenvalue weighted by Gasteiger charge is 2.40. The summed E-state index contributed by atoms with van der Waals surface area (Å²) < 4.78 is 5.69. The molecule has 126 valence electrons. The van der Waals surface area contributed by atoms with E-state index in [1.54, 1.807) is 6.20 Å². The Hall–Kier alpha value is -2.14. The molecule has 24 heavy (non-hydrogen) atoms. The molecule has 1 N–H and O–H groups in total. The molecule has 0 unspecified atom stereocenters. The van der Waals surface area contributed by atoms with Gasteiger partial charge < -0.3 is 9.73 Å². The lowest BCUT2D eigenvalue weighted by molar-refractivity contribution is 0.0210. The lowest BCUT2D eigenvalue weighted by Gasteiger charge is -2.49. The van der Waals surface area contributed by atoms with Crippen LogP contribution >= 0.6 is 0 Å². The van der Waals surface area contributed by atoms with Crippen molar-refractivity contribution in [1.82, 2.24) is 15.2 Å². The Morgan fingerprint density at radius 3 is 2.62 bits per heavy atom. The van der Waals surface area contributed by atoms with Crippen LogP contribution in [0.15, 0.2) is 34.9 Å². The maximum atomic E-state index is 12.5. The molecule has 3 aliphatic heterocycles. The summed E-state index contributed by atoms with van der Waals surface area (Å²) in [6, 6.07) is 8.57. The molecular formula is C19H23N3O2. The van der Waals surface area contributed by atoms with E-state index in [1.807, 2.05) is 31.2 Å². The van der Waals surface area contributed by atoms with Crippen LogP contribution in [-0.4, -0.2) is 41.0 Å². The van der Waals surface area contributed by atoms with Crippen molar-refractivity contribution < 1.29 is 9.21 Å². The fraction of sp³-hybridized carbons (Fsp3) is 0.474. The predicted molar refractivity (Wildman–Crippen MR) is 91.7 cm³/mol. The molecule has 1 aromatic heterocycles. The molecule has 1 aromatic carbocycles. The number of amides is 1. The first kappa shape index (κ1) is 15.4. The van der Waals surface area contributed by atoms with Crippen molar-refractivity contribution in [3.63, 3.8) is 0 Å². The molecule has 3 fully saturated rings. The SMILES string of the molecule is Cc1ccc(-c2cnc(C(=O)N[C@@H]3C4CCN(CC4)[C@H]3C)o2)cc1. The van der Waals surface area contributed by atoms with Gasteiger partial charge in [0.2, 0.25) is 0 Å². The van der Waals surface area contributed by atoms with E-state index in [4.69, 9.17) is 4.42 Å². The van der Waals surface area contributed by atoms with Gasteiger partial charge in [0, 0.05) is 17.6 Å². The fourth-order valence-electron chi connectivity index (χ4n) is 3.99. The number of nitrogens with one attached hydrogen (secondary N) is 1. The smallest absolute Gasteiger partial charge is 0.307 e. The number of fused-ring (bicyclic) bond motifs is 3.